The minimum Gasteiger partial charge on any atom is -0.457 e. The standard InChI is InChI=1S/C46H30N4O.C45H29N5.C33H22N4O/c1-2-14-31(15-3-1)39-30-40(38-20-12-13-29-47-38)49-45(48-39)32-25-27-33(28-26-32)50-41-21-8-4-16-34(41)46(35-17-5-9-22-42(35)50)36-18-6-10-23-43(36)51-44-24-11-7-19-37(44)46;1-3-13-30(14-4-1)39-29-40(38-19-11-12-26-46-38)48-45(47-39)31-22-24-33(25-23-31)50-42-21-10-8-18-35(42)37-27-43-36(28-44(37)50)34-17-7-9-20-41(34)49(43)32-15-5-2-6-16-32;1-2-10-23(11-3-1)27-22-28(26-12-8-9-21-34-26)36-33(35-27)24-17-19-25(20-18-24)37-29-13-4-6-15-31(29)38-32-16-7-5-14-30(32)37/h1-30H;1-29H;1-22H. The van der Waals surface area contributed by atoms with Gasteiger partial charge in [0.1, 0.15) is 11.5 Å². The first-order valence-electron chi connectivity index (χ1n) is 46.4. The van der Waals surface area contributed by atoms with Crippen molar-refractivity contribution in [3.8, 4) is 136 Å². The fourth-order valence-corrected chi connectivity index (χ4v) is 19.9. The van der Waals surface area contributed by atoms with Gasteiger partial charge < -0.3 is 28.4 Å². The van der Waals surface area contributed by atoms with E-state index in [1.807, 2.05) is 176 Å². The van der Waals surface area contributed by atoms with Crippen LogP contribution in [0.4, 0.5) is 34.1 Å². The monoisotopic (exact) mass is 1780 g/mol. The molecule has 0 saturated heterocycles. The molecule has 27 rings (SSSR count). The van der Waals surface area contributed by atoms with Crippen LogP contribution in [0, 0.1) is 0 Å². The third-order valence-electron chi connectivity index (χ3n) is 26.1. The zero-order valence-electron chi connectivity index (χ0n) is 74.9. The molecule has 3 aliphatic rings. The number of rotatable bonds is 13. The highest BCUT2D eigenvalue weighted by Gasteiger charge is 2.51. The number of para-hydroxylation sites is 11. The van der Waals surface area contributed by atoms with E-state index in [0.29, 0.717) is 17.5 Å². The van der Waals surface area contributed by atoms with Crippen molar-refractivity contribution in [1.82, 2.24) is 54.0 Å². The van der Waals surface area contributed by atoms with Crippen LogP contribution in [0.2, 0.25) is 0 Å². The zero-order chi connectivity index (χ0) is 92.1. The first-order valence-corrected chi connectivity index (χ1v) is 46.4. The van der Waals surface area contributed by atoms with Gasteiger partial charge in [-0.2, -0.15) is 0 Å². The third-order valence-corrected chi connectivity index (χ3v) is 26.1. The van der Waals surface area contributed by atoms with Gasteiger partial charge in [-0.3, -0.25) is 15.0 Å². The highest BCUT2D eigenvalue weighted by molar-refractivity contribution is 6.19. The van der Waals surface area contributed by atoms with Crippen LogP contribution in [0.25, 0.3) is 157 Å². The maximum absolute atomic E-state index is 6.55. The molecular weight excluding hydrogens is 1700 g/mol. The summed E-state index contributed by atoms with van der Waals surface area (Å²) >= 11 is 0. The summed E-state index contributed by atoms with van der Waals surface area (Å²) in [7, 11) is 0. The highest BCUT2D eigenvalue weighted by Crippen LogP contribution is 2.63. The third kappa shape index (κ3) is 14.9. The maximum Gasteiger partial charge on any atom is 0.160 e. The quantitative estimate of drug-likeness (QED) is 0.108. The van der Waals surface area contributed by atoms with Crippen molar-refractivity contribution in [2.24, 2.45) is 0 Å². The molecule has 654 valence electrons. The number of nitrogens with zero attached hydrogens (tertiary/aromatic N) is 13. The average molecular weight is 1790 g/mol. The van der Waals surface area contributed by atoms with E-state index in [1.165, 1.54) is 54.7 Å². The number of aromatic nitrogens is 11. The fraction of sp³-hybridized carbons (Fsp3) is 0.00806. The van der Waals surface area contributed by atoms with Gasteiger partial charge in [0, 0.05) is 107 Å². The van der Waals surface area contributed by atoms with Crippen LogP contribution in [-0.4, -0.2) is 54.0 Å². The molecule has 0 saturated carbocycles. The lowest BCUT2D eigenvalue weighted by molar-refractivity contribution is 0.434. The first-order chi connectivity index (χ1) is 68.9. The Morgan fingerprint density at radius 1 is 0.180 bits per heavy atom. The Bertz CT molecular complexity index is 8430. The molecule has 0 unspecified atom stereocenters. The molecule has 0 amide bonds. The van der Waals surface area contributed by atoms with Crippen LogP contribution in [-0.2, 0) is 5.41 Å². The molecule has 0 radical (unpaired) electrons. The van der Waals surface area contributed by atoms with Gasteiger partial charge in [-0.05, 0) is 223 Å². The molecule has 16 aromatic carbocycles. The second-order valence-corrected chi connectivity index (χ2v) is 34.3. The smallest absolute Gasteiger partial charge is 0.160 e. The molecule has 24 aromatic rings. The molecule has 1 spiro atoms. The highest BCUT2D eigenvalue weighted by atomic mass is 16.5. The Labute approximate surface area is 801 Å². The van der Waals surface area contributed by atoms with Gasteiger partial charge in [0.2, 0.25) is 0 Å². The first kappa shape index (κ1) is 82.0. The Kier molecular flexibility index (Phi) is 20.8. The average Bonchev–Trinajstić information content (AvgIpc) is 1.13. The normalized spacial score (nSPS) is 12.3. The van der Waals surface area contributed by atoms with E-state index in [2.05, 4.69) is 331 Å². The summed E-state index contributed by atoms with van der Waals surface area (Å²) in [5.74, 6) is 5.38. The number of hydrogen-bond donors (Lipinski definition) is 0. The second-order valence-electron chi connectivity index (χ2n) is 34.3. The van der Waals surface area contributed by atoms with E-state index in [-0.39, 0.29) is 0 Å². The van der Waals surface area contributed by atoms with E-state index in [1.54, 1.807) is 18.6 Å². The van der Waals surface area contributed by atoms with Crippen LogP contribution in [0.1, 0.15) is 22.3 Å². The molecule has 0 fully saturated rings. The summed E-state index contributed by atoms with van der Waals surface area (Å²) in [4.78, 5) is 48.3. The van der Waals surface area contributed by atoms with Gasteiger partial charge in [0.15, 0.2) is 29.0 Å². The summed E-state index contributed by atoms with van der Waals surface area (Å²) < 4.78 is 17.5. The van der Waals surface area contributed by atoms with Crippen molar-refractivity contribution in [1.29, 1.82) is 0 Å². The second kappa shape index (κ2) is 35.2. The number of pyridine rings is 3. The predicted octanol–water partition coefficient (Wildman–Crippen LogP) is 30.7. The molecule has 0 aliphatic carbocycles. The van der Waals surface area contributed by atoms with Gasteiger partial charge >= 0.3 is 0 Å². The Hall–Kier alpha value is -19.0. The van der Waals surface area contributed by atoms with Gasteiger partial charge in [0.05, 0.1) is 101 Å². The Morgan fingerprint density at radius 3 is 0.849 bits per heavy atom. The van der Waals surface area contributed by atoms with Crippen molar-refractivity contribution in [3.05, 3.63) is 514 Å². The molecule has 0 atom stereocenters. The van der Waals surface area contributed by atoms with E-state index in [4.69, 9.17) is 39.4 Å². The molecule has 11 heterocycles. The van der Waals surface area contributed by atoms with E-state index < -0.39 is 5.41 Å². The lowest BCUT2D eigenvalue weighted by Crippen LogP contribution is -2.39. The summed E-state index contributed by atoms with van der Waals surface area (Å²) in [5.41, 5.74) is 30.7. The van der Waals surface area contributed by atoms with Crippen molar-refractivity contribution >= 4 is 77.7 Å². The number of fused-ring (bicyclic) bond motifs is 16. The van der Waals surface area contributed by atoms with Crippen molar-refractivity contribution in [2.45, 2.75) is 5.41 Å². The lowest BCUT2D eigenvalue weighted by Gasteiger charge is -2.48. The van der Waals surface area contributed by atoms with Gasteiger partial charge in [0.25, 0.3) is 0 Å². The van der Waals surface area contributed by atoms with Crippen molar-refractivity contribution in [3.63, 3.8) is 0 Å². The van der Waals surface area contributed by atoms with Crippen LogP contribution in [0.5, 0.6) is 23.0 Å². The molecule has 3 aliphatic heterocycles. The van der Waals surface area contributed by atoms with Crippen molar-refractivity contribution < 1.29 is 9.47 Å². The molecular formula is C124H81N13O2. The molecule has 0 bridgehead atoms. The molecule has 15 heteroatoms. The Balaban J connectivity index is 0.000000112. The largest absolute Gasteiger partial charge is 0.457 e. The van der Waals surface area contributed by atoms with Crippen LogP contribution in [0.3, 0.4) is 0 Å². The van der Waals surface area contributed by atoms with Crippen LogP contribution < -0.4 is 19.3 Å². The number of hydrogen-bond acceptors (Lipinski definition) is 13. The summed E-state index contributed by atoms with van der Waals surface area (Å²) in [6.45, 7) is 0. The molecule has 15 nitrogen and oxygen atoms in total. The SMILES string of the molecule is c1ccc(-c2cc(-c3ccccn3)nc(-c3ccc(-n4c5ccccc5c5cc6c(cc54)c4ccccc4n6-c4ccccc4)cc3)n2)cc1.c1ccc(-c2cc(-c3ccccn3)nc(-c3ccc(N4c5ccccc5C5(c6ccccc6Oc6ccccc65)c5ccccc54)cc3)n2)cc1.c1ccc(-c2cc(-c3ccccn3)nc(-c3ccc(N4c5ccccc5Oc5ccccc54)cc3)n2)cc1. The molecule has 0 N–H and O–H groups in total. The minimum absolute atomic E-state index is 0.567. The summed E-state index contributed by atoms with van der Waals surface area (Å²) in [5, 5.41) is 4.90. The fourth-order valence-electron chi connectivity index (χ4n) is 19.9. The lowest BCUT2D eigenvalue weighted by atomic mass is 9.61. The van der Waals surface area contributed by atoms with E-state index in [9.17, 15) is 0 Å². The van der Waals surface area contributed by atoms with E-state index in [0.717, 1.165) is 164 Å². The van der Waals surface area contributed by atoms with Crippen LogP contribution >= 0.6 is 0 Å². The Morgan fingerprint density at radius 2 is 0.468 bits per heavy atom. The van der Waals surface area contributed by atoms with Gasteiger partial charge in [-0.1, -0.05) is 261 Å². The maximum atomic E-state index is 6.55. The zero-order valence-corrected chi connectivity index (χ0v) is 74.9. The number of benzene rings is 16. The topological polar surface area (TPSA) is 151 Å². The van der Waals surface area contributed by atoms with Crippen molar-refractivity contribution in [2.75, 3.05) is 9.80 Å². The minimum atomic E-state index is -0.567. The molecule has 139 heavy (non-hydrogen) atoms. The van der Waals surface area contributed by atoms with Gasteiger partial charge in [-0.15, -0.1) is 0 Å². The van der Waals surface area contributed by atoms with E-state index >= 15 is 0 Å². The van der Waals surface area contributed by atoms with Crippen LogP contribution in [0.15, 0.2) is 492 Å². The molecule has 8 aromatic heterocycles. The number of ether oxygens (including phenoxy) is 2. The summed E-state index contributed by atoms with van der Waals surface area (Å²) in [6, 6.07) is 163. The van der Waals surface area contributed by atoms with Gasteiger partial charge in [-0.25, -0.2) is 29.9 Å². The number of anilines is 6. The summed E-state index contributed by atoms with van der Waals surface area (Å²) in [6.07, 6.45) is 5.38. The predicted molar refractivity (Wildman–Crippen MR) is 558 cm³/mol.